The number of ether oxygens (including phenoxy) is 1. The molecule has 3 amide bonds. The molecule has 1 aliphatic rings. The molecule has 3 aromatic rings. The highest BCUT2D eigenvalue weighted by Crippen LogP contribution is 2.30. The van der Waals surface area contributed by atoms with Crippen LogP contribution in [0.4, 0.5) is 11.4 Å². The van der Waals surface area contributed by atoms with Crippen LogP contribution in [0.1, 0.15) is 20.7 Å². The molecule has 0 spiro atoms. The van der Waals surface area contributed by atoms with Crippen molar-refractivity contribution in [2.45, 2.75) is 0 Å². The first-order valence-corrected chi connectivity index (χ1v) is 9.20. The Balaban J connectivity index is 1.42. The number of fused-ring (bicyclic) bond motifs is 1. The van der Waals surface area contributed by atoms with E-state index in [1.54, 1.807) is 24.3 Å². The Morgan fingerprint density at radius 3 is 2.26 bits per heavy atom. The van der Waals surface area contributed by atoms with Crippen LogP contribution in [0.3, 0.4) is 0 Å². The van der Waals surface area contributed by atoms with Crippen molar-refractivity contribution in [2.24, 2.45) is 0 Å². The maximum Gasteiger partial charge on any atom is 0.282 e. The van der Waals surface area contributed by atoms with Crippen molar-refractivity contribution >= 4 is 29.1 Å². The number of benzene rings is 3. The van der Waals surface area contributed by atoms with E-state index in [4.69, 9.17) is 4.74 Å². The molecule has 9 heteroatoms. The number of nitrogens with one attached hydrogen (secondary N) is 1. The molecule has 1 N–H and O–H groups in total. The summed E-state index contributed by atoms with van der Waals surface area (Å²) in [6.07, 6.45) is 0. The third kappa shape index (κ3) is 3.97. The number of nitrogens with zero attached hydrogens (tertiary/aromatic N) is 2. The fourth-order valence-corrected chi connectivity index (χ4v) is 3.19. The Kier molecular flexibility index (Phi) is 5.15. The first-order valence-electron chi connectivity index (χ1n) is 9.20. The summed E-state index contributed by atoms with van der Waals surface area (Å²) >= 11 is 0. The predicted octanol–water partition coefficient (Wildman–Crippen LogP) is 3.62. The summed E-state index contributed by atoms with van der Waals surface area (Å²) in [7, 11) is 0. The smallest absolute Gasteiger partial charge is 0.282 e. The normalized spacial score (nSPS) is 12.5. The van der Waals surface area contributed by atoms with E-state index < -0.39 is 34.9 Å². The summed E-state index contributed by atoms with van der Waals surface area (Å²) in [6.45, 7) is -0.564. The van der Waals surface area contributed by atoms with Gasteiger partial charge in [0.25, 0.3) is 17.5 Å². The number of anilines is 1. The Morgan fingerprint density at radius 1 is 0.903 bits per heavy atom. The van der Waals surface area contributed by atoms with Crippen LogP contribution < -0.4 is 10.1 Å². The van der Waals surface area contributed by atoms with Crippen LogP contribution in [0.15, 0.2) is 72.8 Å². The van der Waals surface area contributed by atoms with Gasteiger partial charge >= 0.3 is 0 Å². The fraction of sp³-hybridized carbons (Fsp3) is 0.0455. The zero-order chi connectivity index (χ0) is 22.0. The van der Waals surface area contributed by atoms with Crippen LogP contribution in [0, 0.1) is 10.1 Å². The number of nitro benzene ring substituents is 1. The molecule has 154 valence electrons. The van der Waals surface area contributed by atoms with Crippen LogP contribution in [0.25, 0.3) is 0 Å². The number of para-hydroxylation sites is 1. The number of imide groups is 1. The maximum atomic E-state index is 12.5. The molecule has 3 aromatic carbocycles. The van der Waals surface area contributed by atoms with Gasteiger partial charge in [0.2, 0.25) is 5.91 Å². The molecule has 4 rings (SSSR count). The average Bonchev–Trinajstić information content (AvgIpc) is 3.00. The van der Waals surface area contributed by atoms with Crippen LogP contribution in [0.2, 0.25) is 0 Å². The lowest BCUT2D eigenvalue weighted by atomic mass is 10.1. The van der Waals surface area contributed by atoms with E-state index in [2.05, 4.69) is 5.32 Å². The van der Waals surface area contributed by atoms with Crippen molar-refractivity contribution in [3.8, 4) is 11.5 Å². The van der Waals surface area contributed by atoms with E-state index in [1.807, 2.05) is 30.3 Å². The van der Waals surface area contributed by atoms with Crippen molar-refractivity contribution < 1.29 is 24.0 Å². The van der Waals surface area contributed by atoms with Gasteiger partial charge in [-0.15, -0.1) is 0 Å². The lowest BCUT2D eigenvalue weighted by Crippen LogP contribution is -2.37. The molecule has 0 aliphatic carbocycles. The SMILES string of the molecule is O=C(CN1C(=O)c2cccc([N+](=O)[O-])c2C1=O)Nc1ccc(Oc2ccccc2)cc1. The second-order valence-electron chi connectivity index (χ2n) is 6.64. The number of rotatable bonds is 6. The van der Waals surface area contributed by atoms with Gasteiger partial charge in [-0.25, -0.2) is 0 Å². The molecule has 1 aliphatic heterocycles. The number of hydrogen-bond donors (Lipinski definition) is 1. The predicted molar refractivity (Wildman–Crippen MR) is 110 cm³/mol. The molecule has 0 atom stereocenters. The summed E-state index contributed by atoms with van der Waals surface area (Å²) in [4.78, 5) is 48.5. The highest BCUT2D eigenvalue weighted by Gasteiger charge is 2.41. The van der Waals surface area contributed by atoms with Crippen LogP contribution in [0.5, 0.6) is 11.5 Å². The van der Waals surface area contributed by atoms with Gasteiger partial charge in [0.05, 0.1) is 10.5 Å². The van der Waals surface area contributed by atoms with Gasteiger partial charge in [0.1, 0.15) is 23.6 Å². The summed E-state index contributed by atoms with van der Waals surface area (Å²) in [5.74, 6) is -0.996. The molecule has 0 unspecified atom stereocenters. The molecule has 9 nitrogen and oxygen atoms in total. The molecule has 1 heterocycles. The molecule has 0 aromatic heterocycles. The van der Waals surface area contributed by atoms with E-state index in [0.717, 1.165) is 6.07 Å². The standard InChI is InChI=1S/C22H15N3O6/c26-19(23-14-9-11-16(12-10-14)31-15-5-2-1-3-6-15)13-24-21(27)17-7-4-8-18(25(29)30)20(17)22(24)28/h1-12H,13H2,(H,23,26). The Morgan fingerprint density at radius 2 is 1.58 bits per heavy atom. The lowest BCUT2D eigenvalue weighted by Gasteiger charge is -2.14. The quantitative estimate of drug-likeness (QED) is 0.372. The third-order valence-electron chi connectivity index (χ3n) is 4.59. The van der Waals surface area contributed by atoms with Gasteiger partial charge in [-0.1, -0.05) is 24.3 Å². The van der Waals surface area contributed by atoms with Gasteiger partial charge < -0.3 is 10.1 Å². The van der Waals surface area contributed by atoms with Crippen LogP contribution in [-0.4, -0.2) is 34.1 Å². The van der Waals surface area contributed by atoms with E-state index >= 15 is 0 Å². The van der Waals surface area contributed by atoms with E-state index in [-0.39, 0.29) is 11.1 Å². The van der Waals surface area contributed by atoms with Gasteiger partial charge in [0.15, 0.2) is 0 Å². The van der Waals surface area contributed by atoms with Crippen LogP contribution >= 0.6 is 0 Å². The topological polar surface area (TPSA) is 119 Å². The van der Waals surface area contributed by atoms with Crippen LogP contribution in [-0.2, 0) is 4.79 Å². The highest BCUT2D eigenvalue weighted by atomic mass is 16.6. The molecule has 0 saturated heterocycles. The van der Waals surface area contributed by atoms with Gasteiger partial charge in [-0.3, -0.25) is 29.4 Å². The summed E-state index contributed by atoms with van der Waals surface area (Å²) < 4.78 is 5.68. The summed E-state index contributed by atoms with van der Waals surface area (Å²) in [6, 6.07) is 19.5. The van der Waals surface area contributed by atoms with Crippen molar-refractivity contribution in [3.05, 3.63) is 94.0 Å². The van der Waals surface area contributed by atoms with E-state index in [9.17, 15) is 24.5 Å². The largest absolute Gasteiger partial charge is 0.457 e. The number of carbonyl (C=O) groups excluding carboxylic acids is 3. The molecule has 0 saturated carbocycles. The number of hydrogen-bond acceptors (Lipinski definition) is 6. The minimum atomic E-state index is -0.867. The van der Waals surface area contributed by atoms with Crippen molar-refractivity contribution in [2.75, 3.05) is 11.9 Å². The zero-order valence-electron chi connectivity index (χ0n) is 16.0. The van der Waals surface area contributed by atoms with Crippen molar-refractivity contribution in [3.63, 3.8) is 0 Å². The molecular weight excluding hydrogens is 402 g/mol. The second-order valence-corrected chi connectivity index (χ2v) is 6.64. The maximum absolute atomic E-state index is 12.5. The molecule has 0 bridgehead atoms. The lowest BCUT2D eigenvalue weighted by molar-refractivity contribution is -0.385. The molecule has 0 radical (unpaired) electrons. The second kappa shape index (κ2) is 8.07. The number of nitro groups is 1. The minimum Gasteiger partial charge on any atom is -0.457 e. The summed E-state index contributed by atoms with van der Waals surface area (Å²) in [5, 5.41) is 13.8. The number of amides is 3. The van der Waals surface area contributed by atoms with Crippen molar-refractivity contribution in [1.82, 2.24) is 4.90 Å². The molecule has 0 fully saturated rings. The molecule has 31 heavy (non-hydrogen) atoms. The Hall–Kier alpha value is -4.53. The van der Waals surface area contributed by atoms with E-state index in [0.29, 0.717) is 22.1 Å². The minimum absolute atomic E-state index is 0.0885. The van der Waals surface area contributed by atoms with Crippen molar-refractivity contribution in [1.29, 1.82) is 0 Å². The van der Waals surface area contributed by atoms with Gasteiger partial charge in [-0.05, 0) is 42.5 Å². The fourth-order valence-electron chi connectivity index (χ4n) is 3.19. The van der Waals surface area contributed by atoms with Gasteiger partial charge in [0, 0.05) is 11.8 Å². The van der Waals surface area contributed by atoms with E-state index in [1.165, 1.54) is 12.1 Å². The monoisotopic (exact) mass is 417 g/mol. The molecular formula is C22H15N3O6. The summed E-state index contributed by atoms with van der Waals surface area (Å²) in [5.41, 5.74) is -0.414. The van der Waals surface area contributed by atoms with Gasteiger partial charge in [-0.2, -0.15) is 0 Å². The first-order chi connectivity index (χ1) is 14.9. The number of carbonyl (C=O) groups is 3. The third-order valence-corrected chi connectivity index (χ3v) is 4.59. The average molecular weight is 417 g/mol. The first kappa shape index (κ1) is 19.8. The Bertz CT molecular complexity index is 1190. The zero-order valence-corrected chi connectivity index (χ0v) is 16.0. The Labute approximate surface area is 176 Å². The highest BCUT2D eigenvalue weighted by molar-refractivity contribution is 6.24.